The van der Waals surface area contributed by atoms with Gasteiger partial charge in [-0.2, -0.15) is 0 Å². The fraction of sp³-hybridized carbons (Fsp3) is 0.133. The van der Waals surface area contributed by atoms with Gasteiger partial charge in [-0.15, -0.1) is 0 Å². The molecule has 0 atom stereocenters. The molecule has 0 radical (unpaired) electrons. The van der Waals surface area contributed by atoms with Crippen LogP contribution >= 0.6 is 0 Å². The van der Waals surface area contributed by atoms with Crippen LogP contribution in [0.5, 0.6) is 0 Å². The highest BCUT2D eigenvalue weighted by Crippen LogP contribution is 2.16. The normalized spacial score (nSPS) is 10.3. The minimum absolute atomic E-state index is 0.249. The molecule has 2 aromatic carbocycles. The first kappa shape index (κ1) is 14.0. The van der Waals surface area contributed by atoms with Gasteiger partial charge in [-0.1, -0.05) is 6.07 Å². The SMILES string of the molecule is Cc1cc(N)cc(C(=O)OCc2c(F)cccc2F)c1. The molecule has 0 amide bonds. The molecule has 5 heteroatoms. The Kier molecular flexibility index (Phi) is 3.98. The summed E-state index contributed by atoms with van der Waals surface area (Å²) in [5.41, 5.74) is 6.82. The average Bonchev–Trinajstić information content (AvgIpc) is 2.36. The average molecular weight is 277 g/mol. The van der Waals surface area contributed by atoms with E-state index in [2.05, 4.69) is 0 Å². The number of anilines is 1. The van der Waals surface area contributed by atoms with E-state index >= 15 is 0 Å². The number of ether oxygens (including phenoxy) is 1. The fourth-order valence-corrected chi connectivity index (χ4v) is 1.82. The third kappa shape index (κ3) is 3.12. The number of carbonyl (C=O) groups is 1. The van der Waals surface area contributed by atoms with Crippen molar-refractivity contribution in [2.75, 3.05) is 5.73 Å². The molecule has 104 valence electrons. The first-order valence-corrected chi connectivity index (χ1v) is 5.94. The van der Waals surface area contributed by atoms with Gasteiger partial charge < -0.3 is 10.5 Å². The van der Waals surface area contributed by atoms with Gasteiger partial charge in [0.2, 0.25) is 0 Å². The van der Waals surface area contributed by atoms with Gasteiger partial charge in [0.15, 0.2) is 0 Å². The minimum Gasteiger partial charge on any atom is -0.457 e. The first-order chi connectivity index (χ1) is 9.47. The molecule has 0 aliphatic rings. The third-order valence-corrected chi connectivity index (χ3v) is 2.74. The molecule has 0 saturated carbocycles. The van der Waals surface area contributed by atoms with E-state index in [0.717, 1.165) is 17.7 Å². The number of halogens is 2. The van der Waals surface area contributed by atoms with Gasteiger partial charge in [0.05, 0.1) is 11.1 Å². The van der Waals surface area contributed by atoms with Crippen molar-refractivity contribution < 1.29 is 18.3 Å². The van der Waals surface area contributed by atoms with Crippen molar-refractivity contribution in [1.82, 2.24) is 0 Å². The summed E-state index contributed by atoms with van der Waals surface area (Å²) in [6, 6.07) is 8.21. The second-order valence-corrected chi connectivity index (χ2v) is 4.41. The molecule has 0 fully saturated rings. The summed E-state index contributed by atoms with van der Waals surface area (Å²) in [7, 11) is 0. The number of carbonyl (C=O) groups excluding carboxylic acids is 1. The predicted octanol–water partition coefficient (Wildman–Crippen LogP) is 3.21. The first-order valence-electron chi connectivity index (χ1n) is 5.94. The molecule has 2 aromatic rings. The largest absolute Gasteiger partial charge is 0.457 e. The standard InChI is InChI=1S/C15H13F2NO2/c1-9-5-10(7-11(18)6-9)15(19)20-8-12-13(16)3-2-4-14(12)17/h2-7H,8,18H2,1H3. The van der Waals surface area contributed by atoms with Crippen LogP contribution in [0.2, 0.25) is 0 Å². The van der Waals surface area contributed by atoms with E-state index < -0.39 is 24.2 Å². The molecule has 0 aromatic heterocycles. The van der Waals surface area contributed by atoms with Crippen molar-refractivity contribution >= 4 is 11.7 Å². The summed E-state index contributed by atoms with van der Waals surface area (Å²) in [6.07, 6.45) is 0. The number of aryl methyl sites for hydroxylation is 1. The van der Waals surface area contributed by atoms with Crippen molar-refractivity contribution in [1.29, 1.82) is 0 Å². The summed E-state index contributed by atoms with van der Waals surface area (Å²) < 4.78 is 31.7. The molecule has 0 aliphatic heterocycles. The van der Waals surface area contributed by atoms with Gasteiger partial charge in [-0.05, 0) is 42.8 Å². The Morgan fingerprint density at radius 3 is 2.45 bits per heavy atom. The van der Waals surface area contributed by atoms with E-state index in [0.29, 0.717) is 5.69 Å². The number of benzene rings is 2. The zero-order chi connectivity index (χ0) is 14.7. The Bertz CT molecular complexity index is 616. The van der Waals surface area contributed by atoms with Crippen LogP contribution in [0.25, 0.3) is 0 Å². The molecular formula is C15H13F2NO2. The zero-order valence-electron chi connectivity index (χ0n) is 10.8. The summed E-state index contributed by atoms with van der Waals surface area (Å²) in [6.45, 7) is 1.31. The molecule has 2 N–H and O–H groups in total. The molecule has 3 nitrogen and oxygen atoms in total. The fourth-order valence-electron chi connectivity index (χ4n) is 1.82. The van der Waals surface area contributed by atoms with E-state index in [9.17, 15) is 13.6 Å². The predicted molar refractivity (Wildman–Crippen MR) is 71.1 cm³/mol. The summed E-state index contributed by atoms with van der Waals surface area (Å²) in [5.74, 6) is -2.17. The summed E-state index contributed by atoms with van der Waals surface area (Å²) in [4.78, 5) is 11.8. The van der Waals surface area contributed by atoms with Crippen molar-refractivity contribution in [3.05, 3.63) is 64.7 Å². The third-order valence-electron chi connectivity index (χ3n) is 2.74. The Morgan fingerprint density at radius 2 is 1.85 bits per heavy atom. The van der Waals surface area contributed by atoms with E-state index in [1.165, 1.54) is 12.1 Å². The lowest BCUT2D eigenvalue weighted by atomic mass is 10.1. The summed E-state index contributed by atoms with van der Waals surface area (Å²) >= 11 is 0. The van der Waals surface area contributed by atoms with Crippen molar-refractivity contribution in [3.8, 4) is 0 Å². The van der Waals surface area contributed by atoms with Gasteiger partial charge in [0.25, 0.3) is 0 Å². The van der Waals surface area contributed by atoms with Crippen molar-refractivity contribution in [2.45, 2.75) is 13.5 Å². The van der Waals surface area contributed by atoms with E-state index in [1.807, 2.05) is 0 Å². The molecule has 2 rings (SSSR count). The lowest BCUT2D eigenvalue weighted by molar-refractivity contribution is 0.0465. The zero-order valence-corrected chi connectivity index (χ0v) is 10.8. The second-order valence-electron chi connectivity index (χ2n) is 4.41. The van der Waals surface area contributed by atoms with Crippen molar-refractivity contribution in [2.24, 2.45) is 0 Å². The number of hydrogen-bond donors (Lipinski definition) is 1. The molecule has 20 heavy (non-hydrogen) atoms. The van der Waals surface area contributed by atoms with Crippen LogP contribution in [0.15, 0.2) is 36.4 Å². The van der Waals surface area contributed by atoms with Crippen LogP contribution in [0, 0.1) is 18.6 Å². The minimum atomic E-state index is -0.749. The maximum Gasteiger partial charge on any atom is 0.338 e. The Morgan fingerprint density at radius 1 is 1.20 bits per heavy atom. The van der Waals surface area contributed by atoms with Crippen LogP contribution in [-0.4, -0.2) is 5.97 Å². The quantitative estimate of drug-likeness (QED) is 0.692. The van der Waals surface area contributed by atoms with Gasteiger partial charge in [0.1, 0.15) is 18.2 Å². The lowest BCUT2D eigenvalue weighted by Crippen LogP contribution is -2.08. The van der Waals surface area contributed by atoms with E-state index in [4.69, 9.17) is 10.5 Å². The number of rotatable bonds is 3. The maximum atomic E-state index is 13.4. The van der Waals surface area contributed by atoms with E-state index in [1.54, 1.807) is 19.1 Å². The topological polar surface area (TPSA) is 52.3 Å². The highest BCUT2D eigenvalue weighted by atomic mass is 19.1. The van der Waals surface area contributed by atoms with Crippen LogP contribution in [-0.2, 0) is 11.3 Å². The lowest BCUT2D eigenvalue weighted by Gasteiger charge is -2.08. The summed E-state index contributed by atoms with van der Waals surface area (Å²) in [5, 5.41) is 0. The Labute approximate surface area is 115 Å². The van der Waals surface area contributed by atoms with Crippen LogP contribution in [0.3, 0.4) is 0 Å². The number of nitrogens with two attached hydrogens (primary N) is 1. The molecule has 0 heterocycles. The van der Waals surface area contributed by atoms with Crippen LogP contribution in [0.1, 0.15) is 21.5 Å². The number of esters is 1. The molecule has 0 saturated heterocycles. The van der Waals surface area contributed by atoms with Gasteiger partial charge >= 0.3 is 5.97 Å². The van der Waals surface area contributed by atoms with Gasteiger partial charge in [-0.3, -0.25) is 0 Å². The number of hydrogen-bond acceptors (Lipinski definition) is 3. The Balaban J connectivity index is 2.13. The smallest absolute Gasteiger partial charge is 0.338 e. The second kappa shape index (κ2) is 5.69. The molecule has 0 aliphatic carbocycles. The monoisotopic (exact) mass is 277 g/mol. The van der Waals surface area contributed by atoms with Gasteiger partial charge in [-0.25, -0.2) is 13.6 Å². The highest BCUT2D eigenvalue weighted by molar-refractivity contribution is 5.90. The molecule has 0 bridgehead atoms. The molecular weight excluding hydrogens is 264 g/mol. The van der Waals surface area contributed by atoms with Crippen molar-refractivity contribution in [3.63, 3.8) is 0 Å². The van der Waals surface area contributed by atoms with E-state index in [-0.39, 0.29) is 11.1 Å². The number of nitrogen functional groups attached to an aromatic ring is 1. The van der Waals surface area contributed by atoms with Crippen LogP contribution in [0.4, 0.5) is 14.5 Å². The van der Waals surface area contributed by atoms with Crippen LogP contribution < -0.4 is 5.73 Å². The van der Waals surface area contributed by atoms with Gasteiger partial charge in [0, 0.05) is 5.69 Å². The highest BCUT2D eigenvalue weighted by Gasteiger charge is 2.13. The molecule has 0 unspecified atom stereocenters. The maximum absolute atomic E-state index is 13.4. The molecule has 0 spiro atoms. The Hall–Kier alpha value is -2.43.